The zero-order valence-corrected chi connectivity index (χ0v) is 8.05. The van der Waals surface area contributed by atoms with Gasteiger partial charge in [0.25, 0.3) is 0 Å². The summed E-state index contributed by atoms with van der Waals surface area (Å²) in [4.78, 5) is 37.5. The van der Waals surface area contributed by atoms with Crippen molar-refractivity contribution in [3.8, 4) is 0 Å². The fourth-order valence-corrected chi connectivity index (χ4v) is 1.45. The molecule has 0 aromatic carbocycles. The van der Waals surface area contributed by atoms with E-state index in [0.29, 0.717) is 0 Å². The average Bonchev–Trinajstić information content (AvgIpc) is 1.94. The van der Waals surface area contributed by atoms with E-state index >= 15 is 0 Å². The van der Waals surface area contributed by atoms with Crippen LogP contribution in [0.5, 0.6) is 0 Å². The van der Waals surface area contributed by atoms with Crippen molar-refractivity contribution in [1.82, 2.24) is 0 Å². The number of rotatable bonds is 6. The molecule has 0 aliphatic heterocycles. The fourth-order valence-electron chi connectivity index (χ4n) is 0.854. The number of carboxylic acids is 2. The first-order chi connectivity index (χ1) is 6.24. The van der Waals surface area contributed by atoms with Crippen molar-refractivity contribution in [3.05, 3.63) is 0 Å². The smallest absolute Gasteiger partial charge is 0.325 e. The summed E-state index contributed by atoms with van der Waals surface area (Å²) in [7, 11) is -4.17. The zero-order chi connectivity index (χ0) is 11.4. The molecule has 0 radical (unpaired) electrons. The molecule has 0 heterocycles. The van der Waals surface area contributed by atoms with Gasteiger partial charge in [-0.05, 0) is 12.8 Å². The highest BCUT2D eigenvalue weighted by Crippen LogP contribution is 2.35. The molecule has 4 N–H and O–H groups in total. The lowest BCUT2D eigenvalue weighted by Crippen LogP contribution is -2.23. The summed E-state index contributed by atoms with van der Waals surface area (Å²) in [5.41, 5.74) is 0. The summed E-state index contributed by atoms with van der Waals surface area (Å²) < 4.78 is 10.4. The van der Waals surface area contributed by atoms with Crippen molar-refractivity contribution in [2.75, 3.05) is 6.16 Å². The summed E-state index contributed by atoms with van der Waals surface area (Å²) in [5, 5.41) is 16.8. The first kappa shape index (κ1) is 13.1. The Bertz CT molecular complexity index is 253. The molecule has 0 fully saturated rings. The van der Waals surface area contributed by atoms with Gasteiger partial charge < -0.3 is 20.0 Å². The van der Waals surface area contributed by atoms with Crippen LogP contribution in [0.2, 0.25) is 0 Å². The van der Waals surface area contributed by atoms with Crippen LogP contribution >= 0.6 is 7.60 Å². The third kappa shape index (κ3) is 5.69. The summed E-state index contributed by atoms with van der Waals surface area (Å²) in [6.45, 7) is 0. The van der Waals surface area contributed by atoms with Gasteiger partial charge in [0.05, 0.1) is 0 Å². The number of aliphatic carboxylic acids is 2. The number of carboxylic acid groups (broad SMARTS) is 2. The second-order valence-corrected chi connectivity index (χ2v) is 4.54. The van der Waals surface area contributed by atoms with Gasteiger partial charge in [-0.2, -0.15) is 0 Å². The Hall–Kier alpha value is -0.910. The van der Waals surface area contributed by atoms with Gasteiger partial charge in [0.15, 0.2) is 5.92 Å². The molecule has 0 aliphatic carbocycles. The minimum Gasteiger partial charge on any atom is -0.481 e. The van der Waals surface area contributed by atoms with Crippen molar-refractivity contribution in [3.63, 3.8) is 0 Å². The Morgan fingerprint density at radius 1 is 1.14 bits per heavy atom. The van der Waals surface area contributed by atoms with Crippen molar-refractivity contribution >= 4 is 19.5 Å². The van der Waals surface area contributed by atoms with E-state index in [2.05, 4.69) is 0 Å². The van der Waals surface area contributed by atoms with Gasteiger partial charge in [-0.15, -0.1) is 0 Å². The van der Waals surface area contributed by atoms with Crippen LogP contribution < -0.4 is 0 Å². The lowest BCUT2D eigenvalue weighted by atomic mass is 10.1. The molecule has 0 spiro atoms. The SMILES string of the molecule is O=C(O)C(CCCP(=O)(O)O)C(=O)O. The Morgan fingerprint density at radius 3 is 1.86 bits per heavy atom. The molecule has 0 rings (SSSR count). The Morgan fingerprint density at radius 2 is 1.57 bits per heavy atom. The van der Waals surface area contributed by atoms with Crippen LogP contribution in [0.1, 0.15) is 12.8 Å². The Labute approximate surface area is 79.5 Å². The molecule has 0 bridgehead atoms. The van der Waals surface area contributed by atoms with E-state index in [1.165, 1.54) is 0 Å². The normalized spacial score (nSPS) is 11.6. The lowest BCUT2D eigenvalue weighted by molar-refractivity contribution is -0.154. The molecule has 7 nitrogen and oxygen atoms in total. The van der Waals surface area contributed by atoms with E-state index in [9.17, 15) is 14.2 Å². The third-order valence-corrected chi connectivity index (χ3v) is 2.44. The summed E-state index contributed by atoms with van der Waals surface area (Å²) in [6.07, 6.45) is -0.909. The van der Waals surface area contributed by atoms with Crippen LogP contribution in [0.3, 0.4) is 0 Å². The van der Waals surface area contributed by atoms with E-state index < -0.39 is 31.6 Å². The van der Waals surface area contributed by atoms with Crippen LogP contribution in [0, 0.1) is 5.92 Å². The number of hydrogen-bond donors (Lipinski definition) is 4. The summed E-state index contributed by atoms with van der Waals surface area (Å²) in [5.74, 6) is -4.59. The quantitative estimate of drug-likeness (QED) is 0.362. The topological polar surface area (TPSA) is 132 Å². The molecule has 14 heavy (non-hydrogen) atoms. The molecule has 0 atom stereocenters. The van der Waals surface area contributed by atoms with Crippen molar-refractivity contribution < 1.29 is 34.2 Å². The summed E-state index contributed by atoms with van der Waals surface area (Å²) >= 11 is 0. The largest absolute Gasteiger partial charge is 0.481 e. The van der Waals surface area contributed by atoms with E-state index in [1.807, 2.05) is 0 Å². The van der Waals surface area contributed by atoms with Crippen LogP contribution in [0.25, 0.3) is 0 Å². The molecule has 0 amide bonds. The summed E-state index contributed by atoms with van der Waals surface area (Å²) in [6, 6.07) is 0. The molecule has 8 heteroatoms. The van der Waals surface area contributed by atoms with Crippen LogP contribution in [0.4, 0.5) is 0 Å². The zero-order valence-electron chi connectivity index (χ0n) is 7.16. The first-order valence-electron chi connectivity index (χ1n) is 3.74. The van der Waals surface area contributed by atoms with Gasteiger partial charge in [-0.25, -0.2) is 0 Å². The van der Waals surface area contributed by atoms with Crippen LogP contribution in [-0.2, 0) is 14.2 Å². The van der Waals surface area contributed by atoms with Gasteiger partial charge in [-0.1, -0.05) is 0 Å². The highest BCUT2D eigenvalue weighted by atomic mass is 31.2. The van der Waals surface area contributed by atoms with Gasteiger partial charge in [0, 0.05) is 6.16 Å². The number of hydrogen-bond acceptors (Lipinski definition) is 3. The highest BCUT2D eigenvalue weighted by molar-refractivity contribution is 7.51. The van der Waals surface area contributed by atoms with Gasteiger partial charge in [0.2, 0.25) is 0 Å². The highest BCUT2D eigenvalue weighted by Gasteiger charge is 2.26. The minimum atomic E-state index is -4.17. The molecule has 0 aromatic rings. The maximum atomic E-state index is 10.4. The van der Waals surface area contributed by atoms with Crippen molar-refractivity contribution in [2.24, 2.45) is 5.92 Å². The Kier molecular flexibility index (Phi) is 4.76. The van der Waals surface area contributed by atoms with Crippen molar-refractivity contribution in [1.29, 1.82) is 0 Å². The van der Waals surface area contributed by atoms with E-state index in [4.69, 9.17) is 20.0 Å². The van der Waals surface area contributed by atoms with E-state index in [-0.39, 0.29) is 12.8 Å². The second-order valence-electron chi connectivity index (χ2n) is 2.76. The molecule has 0 saturated carbocycles. The average molecular weight is 226 g/mol. The van der Waals surface area contributed by atoms with Crippen molar-refractivity contribution in [2.45, 2.75) is 12.8 Å². The maximum absolute atomic E-state index is 10.4. The van der Waals surface area contributed by atoms with Gasteiger partial charge >= 0.3 is 19.5 Å². The maximum Gasteiger partial charge on any atom is 0.325 e. The predicted octanol–water partition coefficient (Wildman–Crippen LogP) is -0.270. The van der Waals surface area contributed by atoms with E-state index in [1.54, 1.807) is 0 Å². The van der Waals surface area contributed by atoms with Gasteiger partial charge in [0.1, 0.15) is 0 Å². The minimum absolute atomic E-state index is 0.131. The first-order valence-corrected chi connectivity index (χ1v) is 5.54. The molecule has 0 unspecified atom stereocenters. The molecule has 0 aliphatic rings. The standard InChI is InChI=1S/C6H11O7P/c7-5(8)4(6(9)10)2-1-3-14(11,12)13/h4H,1-3H2,(H,7,8)(H,9,10)(H2,11,12,13). The second kappa shape index (κ2) is 5.09. The monoisotopic (exact) mass is 226 g/mol. The molecular formula is C6H11O7P. The molecule has 82 valence electrons. The van der Waals surface area contributed by atoms with Gasteiger partial charge in [-0.3, -0.25) is 14.2 Å². The van der Waals surface area contributed by atoms with E-state index in [0.717, 1.165) is 0 Å². The number of carbonyl (C=O) groups is 2. The Balaban J connectivity index is 4.03. The van der Waals surface area contributed by atoms with Crippen LogP contribution in [0.15, 0.2) is 0 Å². The van der Waals surface area contributed by atoms with Crippen LogP contribution in [-0.4, -0.2) is 38.1 Å². The predicted molar refractivity (Wildman–Crippen MR) is 44.9 cm³/mol. The fraction of sp³-hybridized carbons (Fsp3) is 0.667. The molecule has 0 saturated heterocycles. The third-order valence-electron chi connectivity index (χ3n) is 1.54. The molecule has 0 aromatic heterocycles. The molecular weight excluding hydrogens is 215 g/mol. The lowest BCUT2D eigenvalue weighted by Gasteiger charge is -2.07.